The fourth-order valence-electron chi connectivity index (χ4n) is 4.75. The fourth-order valence-corrected chi connectivity index (χ4v) is 4.75. The predicted octanol–water partition coefficient (Wildman–Crippen LogP) is 4.43. The molecule has 2 unspecified atom stereocenters. The number of piperidine rings is 1. The van der Waals surface area contributed by atoms with Crippen LogP contribution in [-0.2, 0) is 5.41 Å². The van der Waals surface area contributed by atoms with Crippen molar-refractivity contribution in [3.63, 3.8) is 0 Å². The minimum Gasteiger partial charge on any atom is -0.384 e. The maximum atomic E-state index is 13.7. The van der Waals surface area contributed by atoms with Gasteiger partial charge in [0.25, 0.3) is 0 Å². The van der Waals surface area contributed by atoms with E-state index in [4.69, 9.17) is 0 Å². The molecular weight excluding hydrogens is 287 g/mol. The van der Waals surface area contributed by atoms with E-state index in [2.05, 4.69) is 29.3 Å². The minimum absolute atomic E-state index is 0. The lowest BCUT2D eigenvalue weighted by Gasteiger charge is -2.40. The summed E-state index contributed by atoms with van der Waals surface area (Å²) in [5, 5.41) is 3.49. The molecule has 1 aromatic rings. The number of halogens is 1. The standard InChI is InChI=1S/C20H27FN2.H2/c1-15(16-4-2-3-5-16)13-23-10-8-20(9-11-23)14-22-19-7-6-17(21)12-18(19)20;/h2,4,6-7,12,15-16,22H,3,5,8-11,13-14H2,1H3;1H. The van der Waals surface area contributed by atoms with Crippen LogP contribution in [0.15, 0.2) is 30.4 Å². The zero-order chi connectivity index (χ0) is 15.9. The third-order valence-corrected chi connectivity index (χ3v) is 6.31. The molecule has 0 radical (unpaired) electrons. The molecule has 1 spiro atoms. The molecular formula is C20H29FN2. The zero-order valence-electron chi connectivity index (χ0n) is 14.0. The number of benzene rings is 1. The molecule has 0 saturated carbocycles. The Bertz CT molecular complexity index is 608. The Morgan fingerprint density at radius 3 is 2.96 bits per heavy atom. The van der Waals surface area contributed by atoms with E-state index in [1.165, 1.54) is 24.9 Å². The van der Waals surface area contributed by atoms with Gasteiger partial charge in [-0.1, -0.05) is 19.1 Å². The highest BCUT2D eigenvalue weighted by Crippen LogP contribution is 2.44. The van der Waals surface area contributed by atoms with Crippen LogP contribution in [0.1, 0.15) is 39.6 Å². The second-order valence-corrected chi connectivity index (χ2v) is 7.77. The average Bonchev–Trinajstić information content (AvgIpc) is 3.20. The van der Waals surface area contributed by atoms with E-state index >= 15 is 0 Å². The van der Waals surface area contributed by atoms with Crippen molar-refractivity contribution in [1.29, 1.82) is 0 Å². The second-order valence-electron chi connectivity index (χ2n) is 7.77. The van der Waals surface area contributed by atoms with Gasteiger partial charge in [-0.15, -0.1) is 0 Å². The van der Waals surface area contributed by atoms with Crippen molar-refractivity contribution >= 4 is 5.69 Å². The first-order valence-corrected chi connectivity index (χ1v) is 9.09. The van der Waals surface area contributed by atoms with Gasteiger partial charge in [0.15, 0.2) is 0 Å². The summed E-state index contributed by atoms with van der Waals surface area (Å²) in [4.78, 5) is 2.62. The van der Waals surface area contributed by atoms with Crippen LogP contribution >= 0.6 is 0 Å². The van der Waals surface area contributed by atoms with Crippen molar-refractivity contribution in [2.24, 2.45) is 11.8 Å². The monoisotopic (exact) mass is 316 g/mol. The molecule has 0 aromatic heterocycles. The number of nitrogens with one attached hydrogen (secondary N) is 1. The van der Waals surface area contributed by atoms with Gasteiger partial charge in [-0.05, 0) is 74.4 Å². The van der Waals surface area contributed by atoms with Gasteiger partial charge in [0.1, 0.15) is 5.82 Å². The van der Waals surface area contributed by atoms with Crippen molar-refractivity contribution in [3.8, 4) is 0 Å². The molecule has 1 saturated heterocycles. The fraction of sp³-hybridized carbons (Fsp3) is 0.600. The normalized spacial score (nSPS) is 27.1. The molecule has 0 bridgehead atoms. The molecule has 1 aliphatic carbocycles. The summed E-state index contributed by atoms with van der Waals surface area (Å²) in [7, 11) is 0. The summed E-state index contributed by atoms with van der Waals surface area (Å²) in [6.07, 6.45) is 9.62. The molecule has 0 amide bonds. The first kappa shape index (κ1) is 15.2. The van der Waals surface area contributed by atoms with Crippen LogP contribution < -0.4 is 5.32 Å². The van der Waals surface area contributed by atoms with Gasteiger partial charge in [-0.25, -0.2) is 4.39 Å². The molecule has 23 heavy (non-hydrogen) atoms. The second kappa shape index (κ2) is 5.94. The van der Waals surface area contributed by atoms with E-state index < -0.39 is 0 Å². The minimum atomic E-state index is -0.101. The summed E-state index contributed by atoms with van der Waals surface area (Å²) in [6, 6.07) is 5.23. The summed E-state index contributed by atoms with van der Waals surface area (Å²) in [6.45, 7) is 6.85. The molecule has 3 aliphatic rings. The summed E-state index contributed by atoms with van der Waals surface area (Å²) >= 11 is 0. The van der Waals surface area contributed by atoms with E-state index in [-0.39, 0.29) is 12.7 Å². The Morgan fingerprint density at radius 2 is 2.22 bits per heavy atom. The molecule has 2 aliphatic heterocycles. The summed E-state index contributed by atoms with van der Waals surface area (Å²) < 4.78 is 13.7. The highest BCUT2D eigenvalue weighted by atomic mass is 19.1. The lowest BCUT2D eigenvalue weighted by molar-refractivity contribution is 0.140. The Kier molecular flexibility index (Phi) is 3.92. The van der Waals surface area contributed by atoms with Gasteiger partial charge in [0.2, 0.25) is 0 Å². The number of fused-ring (bicyclic) bond motifs is 2. The van der Waals surface area contributed by atoms with Gasteiger partial charge >= 0.3 is 0 Å². The third-order valence-electron chi connectivity index (χ3n) is 6.31. The van der Waals surface area contributed by atoms with Crippen LogP contribution in [-0.4, -0.2) is 31.1 Å². The van der Waals surface area contributed by atoms with Crippen LogP contribution in [0.4, 0.5) is 10.1 Å². The van der Waals surface area contributed by atoms with Gasteiger partial charge in [-0.3, -0.25) is 0 Å². The summed E-state index contributed by atoms with van der Waals surface area (Å²) in [5.74, 6) is 1.42. The number of allylic oxidation sites excluding steroid dienone is 2. The Labute approximate surface area is 140 Å². The molecule has 2 heterocycles. The van der Waals surface area contributed by atoms with E-state index in [9.17, 15) is 4.39 Å². The molecule has 2 nitrogen and oxygen atoms in total. The largest absolute Gasteiger partial charge is 0.384 e. The highest BCUT2D eigenvalue weighted by molar-refractivity contribution is 5.60. The Balaban J connectivity index is 0.00000169. The van der Waals surface area contributed by atoms with Crippen molar-refractivity contribution in [1.82, 2.24) is 4.90 Å². The number of nitrogens with zero attached hydrogens (tertiary/aromatic N) is 1. The number of hydrogen-bond acceptors (Lipinski definition) is 2. The molecule has 3 heteroatoms. The maximum absolute atomic E-state index is 13.7. The zero-order valence-corrected chi connectivity index (χ0v) is 14.0. The van der Waals surface area contributed by atoms with Gasteiger partial charge in [0, 0.05) is 25.6 Å². The van der Waals surface area contributed by atoms with Crippen LogP contribution in [0.25, 0.3) is 0 Å². The Hall–Kier alpha value is -1.35. The SMILES string of the molecule is CC(CN1CCC2(CC1)CNc1ccc(F)cc12)C1C=CCC1.[HH]. The Morgan fingerprint density at radius 1 is 1.39 bits per heavy atom. The number of likely N-dealkylation sites (tertiary alicyclic amines) is 1. The van der Waals surface area contributed by atoms with Crippen LogP contribution in [0.2, 0.25) is 0 Å². The molecule has 4 rings (SSSR count). The van der Waals surface area contributed by atoms with E-state index in [1.807, 2.05) is 6.07 Å². The quantitative estimate of drug-likeness (QED) is 0.830. The predicted molar refractivity (Wildman–Crippen MR) is 95.4 cm³/mol. The first-order valence-electron chi connectivity index (χ1n) is 9.09. The van der Waals surface area contributed by atoms with Gasteiger partial charge in [-0.2, -0.15) is 0 Å². The molecule has 126 valence electrons. The molecule has 2 atom stereocenters. The highest BCUT2D eigenvalue weighted by Gasteiger charge is 2.41. The smallest absolute Gasteiger partial charge is 0.123 e. The van der Waals surface area contributed by atoms with Crippen LogP contribution in [0, 0.1) is 17.7 Å². The first-order chi connectivity index (χ1) is 11.2. The number of anilines is 1. The van der Waals surface area contributed by atoms with Crippen molar-refractivity contribution in [2.75, 3.05) is 31.5 Å². The van der Waals surface area contributed by atoms with E-state index in [0.717, 1.165) is 50.0 Å². The van der Waals surface area contributed by atoms with Gasteiger partial charge in [0.05, 0.1) is 0 Å². The molecule has 1 aromatic carbocycles. The lowest BCUT2D eigenvalue weighted by Crippen LogP contribution is -2.45. The average molecular weight is 316 g/mol. The van der Waals surface area contributed by atoms with Gasteiger partial charge < -0.3 is 10.2 Å². The van der Waals surface area contributed by atoms with E-state index in [0.29, 0.717) is 0 Å². The van der Waals surface area contributed by atoms with Crippen molar-refractivity contribution < 1.29 is 5.82 Å². The molecule has 1 fully saturated rings. The van der Waals surface area contributed by atoms with Crippen LogP contribution in [0.5, 0.6) is 0 Å². The van der Waals surface area contributed by atoms with Crippen molar-refractivity contribution in [2.45, 2.75) is 38.0 Å². The summed E-state index contributed by atoms with van der Waals surface area (Å²) in [5.41, 5.74) is 2.51. The van der Waals surface area contributed by atoms with Crippen molar-refractivity contribution in [3.05, 3.63) is 41.7 Å². The van der Waals surface area contributed by atoms with E-state index in [1.54, 1.807) is 12.1 Å². The lowest BCUT2D eigenvalue weighted by atomic mass is 9.74. The third kappa shape index (κ3) is 2.80. The topological polar surface area (TPSA) is 15.3 Å². The molecule has 1 N–H and O–H groups in total. The van der Waals surface area contributed by atoms with Crippen LogP contribution in [0.3, 0.4) is 0 Å². The number of rotatable bonds is 3. The number of hydrogen-bond donors (Lipinski definition) is 1. The maximum Gasteiger partial charge on any atom is 0.123 e.